The average Bonchev–Trinajstić information content (AvgIpc) is 3.16. The van der Waals surface area contributed by atoms with E-state index in [1.807, 2.05) is 42.5 Å². The second-order valence-corrected chi connectivity index (χ2v) is 7.78. The molecular weight excluding hydrogens is 396 g/mol. The van der Waals surface area contributed by atoms with Crippen molar-refractivity contribution in [2.45, 2.75) is 44.2 Å². The van der Waals surface area contributed by atoms with Gasteiger partial charge < -0.3 is 24.8 Å². The van der Waals surface area contributed by atoms with E-state index in [2.05, 4.69) is 10.6 Å². The zero-order chi connectivity index (χ0) is 22.3. The molecule has 0 saturated carbocycles. The molecule has 1 atom stereocenters. The average molecular weight is 427 g/mol. The van der Waals surface area contributed by atoms with Crippen LogP contribution < -0.4 is 24.8 Å². The third-order valence-corrected chi connectivity index (χ3v) is 5.73. The molecule has 7 heteroatoms. The van der Waals surface area contributed by atoms with E-state index in [-0.39, 0.29) is 11.8 Å². The smallest absolute Gasteiger partial charge is 0.220 e. The van der Waals surface area contributed by atoms with Crippen molar-refractivity contribution in [2.24, 2.45) is 0 Å². The van der Waals surface area contributed by atoms with E-state index in [1.165, 1.54) is 0 Å². The Morgan fingerprint density at radius 1 is 1.06 bits per heavy atom. The Bertz CT molecular complexity index is 913. The second kappa shape index (κ2) is 10.2. The standard InChI is InChI=1S/C24H30N2O5/c1-29-19-9-7-17(8-10-19)15-24(14-12-22(28)26-24)13-11-21(27)25-16-18-5-4-6-20(30-2)23(18)31-3/h4-10H,11-16H2,1-3H3,(H,25,27)(H,26,28)/t24-/m1/s1. The molecule has 0 aromatic heterocycles. The number of carbonyl (C=O) groups excluding carboxylic acids is 2. The lowest BCUT2D eigenvalue weighted by atomic mass is 9.85. The Kier molecular flexibility index (Phi) is 7.39. The van der Waals surface area contributed by atoms with Gasteiger partial charge in [-0.2, -0.15) is 0 Å². The van der Waals surface area contributed by atoms with E-state index >= 15 is 0 Å². The first kappa shape index (κ1) is 22.5. The van der Waals surface area contributed by atoms with Crippen LogP contribution in [0.4, 0.5) is 0 Å². The molecule has 1 heterocycles. The summed E-state index contributed by atoms with van der Waals surface area (Å²) in [6, 6.07) is 13.4. The normalized spacial score (nSPS) is 17.7. The highest BCUT2D eigenvalue weighted by atomic mass is 16.5. The second-order valence-electron chi connectivity index (χ2n) is 7.78. The van der Waals surface area contributed by atoms with Crippen molar-refractivity contribution in [3.05, 3.63) is 53.6 Å². The van der Waals surface area contributed by atoms with E-state index in [1.54, 1.807) is 21.3 Å². The van der Waals surface area contributed by atoms with Crippen molar-refractivity contribution in [1.29, 1.82) is 0 Å². The molecule has 0 aliphatic carbocycles. The van der Waals surface area contributed by atoms with Gasteiger partial charge in [0.15, 0.2) is 11.5 Å². The zero-order valence-corrected chi connectivity index (χ0v) is 18.3. The van der Waals surface area contributed by atoms with Crippen LogP contribution in [0.3, 0.4) is 0 Å². The molecule has 0 bridgehead atoms. The van der Waals surface area contributed by atoms with Crippen LogP contribution in [0, 0.1) is 0 Å². The number of ether oxygens (including phenoxy) is 3. The highest BCUT2D eigenvalue weighted by molar-refractivity contribution is 5.80. The van der Waals surface area contributed by atoms with E-state index in [0.29, 0.717) is 43.7 Å². The maximum Gasteiger partial charge on any atom is 0.220 e. The zero-order valence-electron chi connectivity index (χ0n) is 18.3. The molecule has 1 aliphatic rings. The van der Waals surface area contributed by atoms with Crippen molar-refractivity contribution in [3.8, 4) is 17.2 Å². The minimum Gasteiger partial charge on any atom is -0.497 e. The van der Waals surface area contributed by atoms with Gasteiger partial charge in [-0.1, -0.05) is 24.3 Å². The maximum absolute atomic E-state index is 12.6. The Morgan fingerprint density at radius 2 is 1.84 bits per heavy atom. The third-order valence-electron chi connectivity index (χ3n) is 5.73. The number of hydrogen-bond donors (Lipinski definition) is 2. The summed E-state index contributed by atoms with van der Waals surface area (Å²) in [6.07, 6.45) is 2.78. The van der Waals surface area contributed by atoms with E-state index < -0.39 is 5.54 Å². The van der Waals surface area contributed by atoms with Crippen molar-refractivity contribution in [2.75, 3.05) is 21.3 Å². The number of nitrogens with one attached hydrogen (secondary N) is 2. The van der Waals surface area contributed by atoms with Crippen LogP contribution >= 0.6 is 0 Å². The van der Waals surface area contributed by atoms with Gasteiger partial charge in [0.2, 0.25) is 11.8 Å². The van der Waals surface area contributed by atoms with Crippen molar-refractivity contribution < 1.29 is 23.8 Å². The van der Waals surface area contributed by atoms with Crippen molar-refractivity contribution in [1.82, 2.24) is 10.6 Å². The topological polar surface area (TPSA) is 85.9 Å². The van der Waals surface area contributed by atoms with Gasteiger partial charge in [-0.25, -0.2) is 0 Å². The van der Waals surface area contributed by atoms with Gasteiger partial charge in [-0.3, -0.25) is 9.59 Å². The first-order valence-electron chi connectivity index (χ1n) is 10.4. The Balaban J connectivity index is 1.60. The highest BCUT2D eigenvalue weighted by Gasteiger charge is 2.37. The number of amides is 2. The Morgan fingerprint density at radius 3 is 2.45 bits per heavy atom. The fourth-order valence-electron chi connectivity index (χ4n) is 4.04. The summed E-state index contributed by atoms with van der Waals surface area (Å²) in [5.74, 6) is 2.00. The summed E-state index contributed by atoms with van der Waals surface area (Å²) in [5, 5.41) is 6.07. The fourth-order valence-corrected chi connectivity index (χ4v) is 4.04. The van der Waals surface area contributed by atoms with E-state index in [0.717, 1.165) is 23.3 Å². The van der Waals surface area contributed by atoms with Gasteiger partial charge in [-0.05, 0) is 43.0 Å². The molecule has 31 heavy (non-hydrogen) atoms. The van der Waals surface area contributed by atoms with Gasteiger partial charge in [0, 0.05) is 30.5 Å². The third kappa shape index (κ3) is 5.69. The number of benzene rings is 2. The summed E-state index contributed by atoms with van der Waals surface area (Å²) in [4.78, 5) is 24.6. The fraction of sp³-hybridized carbons (Fsp3) is 0.417. The molecule has 0 unspecified atom stereocenters. The molecule has 166 valence electrons. The lowest BCUT2D eigenvalue weighted by Gasteiger charge is -2.29. The highest BCUT2D eigenvalue weighted by Crippen LogP contribution is 2.31. The van der Waals surface area contributed by atoms with Crippen LogP contribution in [0.2, 0.25) is 0 Å². The summed E-state index contributed by atoms with van der Waals surface area (Å²) < 4.78 is 15.9. The van der Waals surface area contributed by atoms with Crippen LogP contribution in [-0.4, -0.2) is 38.7 Å². The van der Waals surface area contributed by atoms with E-state index in [9.17, 15) is 9.59 Å². The summed E-state index contributed by atoms with van der Waals surface area (Å²) >= 11 is 0. The quantitative estimate of drug-likeness (QED) is 0.610. The lowest BCUT2D eigenvalue weighted by molar-refractivity contribution is -0.122. The lowest BCUT2D eigenvalue weighted by Crippen LogP contribution is -2.44. The van der Waals surface area contributed by atoms with Gasteiger partial charge >= 0.3 is 0 Å². The molecule has 2 N–H and O–H groups in total. The molecule has 1 saturated heterocycles. The predicted octanol–water partition coefficient (Wildman–Crippen LogP) is 3.00. The van der Waals surface area contributed by atoms with Gasteiger partial charge in [0.05, 0.1) is 21.3 Å². The van der Waals surface area contributed by atoms with Crippen LogP contribution in [0.1, 0.15) is 36.8 Å². The molecule has 2 aromatic rings. The number of hydrogen-bond acceptors (Lipinski definition) is 5. The minimum absolute atomic E-state index is 0.0371. The van der Waals surface area contributed by atoms with Crippen LogP contribution in [0.15, 0.2) is 42.5 Å². The number of methoxy groups -OCH3 is 3. The monoisotopic (exact) mass is 426 g/mol. The van der Waals surface area contributed by atoms with Crippen molar-refractivity contribution in [3.63, 3.8) is 0 Å². The maximum atomic E-state index is 12.6. The molecular formula is C24H30N2O5. The molecule has 0 spiro atoms. The van der Waals surface area contributed by atoms with Gasteiger partial charge in [0.25, 0.3) is 0 Å². The molecule has 3 rings (SSSR count). The summed E-state index contributed by atoms with van der Waals surface area (Å²) in [5.41, 5.74) is 1.54. The molecule has 1 fully saturated rings. The summed E-state index contributed by atoms with van der Waals surface area (Å²) in [7, 11) is 4.79. The van der Waals surface area contributed by atoms with Gasteiger partial charge in [0.1, 0.15) is 5.75 Å². The molecule has 2 amide bonds. The number of para-hydroxylation sites is 1. The SMILES string of the molecule is COc1ccc(C[C@@]2(CCC(=O)NCc3cccc(OC)c3OC)CCC(=O)N2)cc1. The van der Waals surface area contributed by atoms with Gasteiger partial charge in [-0.15, -0.1) is 0 Å². The first-order valence-corrected chi connectivity index (χ1v) is 10.4. The van der Waals surface area contributed by atoms with Crippen LogP contribution in [0.5, 0.6) is 17.2 Å². The molecule has 2 aromatic carbocycles. The largest absolute Gasteiger partial charge is 0.497 e. The molecule has 0 radical (unpaired) electrons. The van der Waals surface area contributed by atoms with E-state index in [4.69, 9.17) is 14.2 Å². The van der Waals surface area contributed by atoms with Crippen LogP contribution in [0.25, 0.3) is 0 Å². The molecule has 7 nitrogen and oxygen atoms in total. The Hall–Kier alpha value is -3.22. The van der Waals surface area contributed by atoms with Crippen molar-refractivity contribution >= 4 is 11.8 Å². The summed E-state index contributed by atoms with van der Waals surface area (Å²) in [6.45, 7) is 0.344. The number of carbonyl (C=O) groups is 2. The minimum atomic E-state index is -0.406. The molecule has 1 aliphatic heterocycles. The predicted molar refractivity (Wildman–Crippen MR) is 117 cm³/mol. The van der Waals surface area contributed by atoms with Crippen LogP contribution in [-0.2, 0) is 22.6 Å². The number of rotatable bonds is 10. The Labute approximate surface area is 183 Å². The first-order chi connectivity index (χ1) is 15.0.